The molecule has 198 valence electrons. The minimum atomic E-state index is -4.73. The number of halogens is 5. The Morgan fingerprint density at radius 2 is 1.95 bits per heavy atom. The zero-order chi connectivity index (χ0) is 27.2. The topological polar surface area (TPSA) is 106 Å². The van der Waals surface area contributed by atoms with Gasteiger partial charge < -0.3 is 16.0 Å². The number of benzene rings is 1. The molecule has 1 fully saturated rings. The van der Waals surface area contributed by atoms with Crippen molar-refractivity contribution >= 4 is 34.7 Å². The number of anilines is 1. The number of nitrogens with zero attached hydrogens (tertiary/aromatic N) is 4. The van der Waals surface area contributed by atoms with E-state index < -0.39 is 35.4 Å². The van der Waals surface area contributed by atoms with Gasteiger partial charge in [0.25, 0.3) is 5.91 Å². The highest BCUT2D eigenvalue weighted by Crippen LogP contribution is 2.39. The highest BCUT2D eigenvalue weighted by Gasteiger charge is 2.38. The molecule has 2 atom stereocenters. The molecule has 0 radical (unpaired) electrons. The summed E-state index contributed by atoms with van der Waals surface area (Å²) in [5.41, 5.74) is 4.86. The van der Waals surface area contributed by atoms with E-state index in [4.69, 9.17) is 17.3 Å². The van der Waals surface area contributed by atoms with Gasteiger partial charge >= 0.3 is 6.18 Å². The van der Waals surface area contributed by atoms with Crippen LogP contribution in [0.1, 0.15) is 41.8 Å². The Bertz CT molecular complexity index is 1370. The summed E-state index contributed by atoms with van der Waals surface area (Å²) in [5, 5.41) is 6.57. The number of nitrogens with one attached hydrogen (secondary N) is 1. The zero-order valence-electron chi connectivity index (χ0n) is 20.2. The Labute approximate surface area is 214 Å². The smallest absolute Gasteiger partial charge is 0.382 e. The summed E-state index contributed by atoms with van der Waals surface area (Å²) in [7, 11) is 0. The lowest BCUT2D eigenvalue weighted by atomic mass is 10.0. The zero-order valence-corrected chi connectivity index (χ0v) is 21.0. The number of carbonyl (C=O) groups excluding carboxylic acids is 2. The third kappa shape index (κ3) is 5.20. The fraction of sp³-hybridized carbons (Fsp3) is 0.417. The van der Waals surface area contributed by atoms with Crippen LogP contribution in [0.2, 0.25) is 5.02 Å². The molecule has 2 aromatic heterocycles. The van der Waals surface area contributed by atoms with Crippen LogP contribution in [-0.4, -0.2) is 56.6 Å². The first-order valence-electron chi connectivity index (χ1n) is 11.5. The molecule has 13 heteroatoms. The van der Waals surface area contributed by atoms with E-state index in [1.54, 1.807) is 6.92 Å². The van der Waals surface area contributed by atoms with Crippen molar-refractivity contribution in [3.8, 4) is 11.3 Å². The standard InChI is InChI=1S/C24H25ClF4N6O2/c1-11(2)4-19(36)34-8-16(26)17(9-34)33-23(37)14-6-13(5-12(3)20(14)25)18-7-15(24(27,28)29)21-22(30)31-10-32-35(18)21/h5-7,10-11,16-17H,4,8-9H2,1-3H3,(H,33,37)(H2,30,31,32)/t16-,17+/m0/s1. The maximum Gasteiger partial charge on any atom is 0.418 e. The first kappa shape index (κ1) is 26.6. The van der Waals surface area contributed by atoms with Gasteiger partial charge in [0, 0.05) is 18.5 Å². The number of aromatic nitrogens is 3. The fourth-order valence-electron chi connectivity index (χ4n) is 4.40. The lowest BCUT2D eigenvalue weighted by Gasteiger charge is -2.18. The number of likely N-dealkylation sites (tertiary alicyclic amines) is 1. The Balaban J connectivity index is 1.68. The normalized spacial score (nSPS) is 18.1. The van der Waals surface area contributed by atoms with Crippen LogP contribution in [0, 0.1) is 12.8 Å². The molecule has 0 spiro atoms. The second kappa shape index (κ2) is 9.81. The van der Waals surface area contributed by atoms with Crippen molar-refractivity contribution in [2.24, 2.45) is 5.92 Å². The van der Waals surface area contributed by atoms with Crippen LogP contribution in [0.15, 0.2) is 24.5 Å². The summed E-state index contributed by atoms with van der Waals surface area (Å²) in [6.07, 6.45) is -4.93. The van der Waals surface area contributed by atoms with Gasteiger partial charge in [0.05, 0.1) is 34.4 Å². The van der Waals surface area contributed by atoms with Crippen LogP contribution in [0.5, 0.6) is 0 Å². The molecule has 1 aromatic carbocycles. The van der Waals surface area contributed by atoms with Crippen molar-refractivity contribution in [3.63, 3.8) is 0 Å². The summed E-state index contributed by atoms with van der Waals surface area (Å²) < 4.78 is 56.9. The van der Waals surface area contributed by atoms with E-state index in [0.29, 0.717) is 5.56 Å². The van der Waals surface area contributed by atoms with E-state index in [0.717, 1.165) is 16.9 Å². The Hall–Kier alpha value is -3.41. The number of nitrogens with two attached hydrogens (primary N) is 1. The van der Waals surface area contributed by atoms with Crippen LogP contribution in [0.4, 0.5) is 23.4 Å². The summed E-state index contributed by atoms with van der Waals surface area (Å²) in [5.74, 6) is -1.17. The minimum absolute atomic E-state index is 0.00321. The highest BCUT2D eigenvalue weighted by molar-refractivity contribution is 6.34. The summed E-state index contributed by atoms with van der Waals surface area (Å²) >= 11 is 6.38. The molecular formula is C24H25ClF4N6O2. The van der Waals surface area contributed by atoms with E-state index in [1.807, 2.05) is 13.8 Å². The average molecular weight is 541 g/mol. The van der Waals surface area contributed by atoms with E-state index in [9.17, 15) is 27.2 Å². The number of rotatable bonds is 5. The third-order valence-corrected chi connectivity index (χ3v) is 6.69. The number of alkyl halides is 4. The molecule has 1 aliphatic heterocycles. The van der Waals surface area contributed by atoms with Crippen LogP contribution in [0.25, 0.3) is 16.8 Å². The summed E-state index contributed by atoms with van der Waals surface area (Å²) in [6.45, 7) is 5.21. The Morgan fingerprint density at radius 3 is 2.59 bits per heavy atom. The number of nitrogen functional groups attached to an aromatic ring is 1. The number of fused-ring (bicyclic) bond motifs is 1. The van der Waals surface area contributed by atoms with E-state index in [1.165, 1.54) is 17.0 Å². The maximum absolute atomic E-state index is 14.7. The van der Waals surface area contributed by atoms with Crippen LogP contribution >= 0.6 is 11.6 Å². The highest BCUT2D eigenvalue weighted by atomic mass is 35.5. The van der Waals surface area contributed by atoms with Crippen molar-refractivity contribution in [1.29, 1.82) is 0 Å². The first-order valence-corrected chi connectivity index (χ1v) is 11.9. The van der Waals surface area contributed by atoms with Crippen molar-refractivity contribution in [1.82, 2.24) is 24.8 Å². The lowest BCUT2D eigenvalue weighted by molar-refractivity contribution is -0.136. The molecule has 1 saturated heterocycles. The number of hydrogen-bond acceptors (Lipinski definition) is 5. The maximum atomic E-state index is 14.7. The molecule has 0 aliphatic carbocycles. The lowest BCUT2D eigenvalue weighted by Crippen LogP contribution is -2.42. The van der Waals surface area contributed by atoms with E-state index >= 15 is 0 Å². The molecule has 0 bridgehead atoms. The molecule has 37 heavy (non-hydrogen) atoms. The molecule has 0 saturated carbocycles. The minimum Gasteiger partial charge on any atom is -0.382 e. The van der Waals surface area contributed by atoms with Gasteiger partial charge in [0.1, 0.15) is 18.0 Å². The van der Waals surface area contributed by atoms with Gasteiger partial charge in [0.2, 0.25) is 5.91 Å². The van der Waals surface area contributed by atoms with Crippen molar-refractivity contribution in [3.05, 3.63) is 46.2 Å². The van der Waals surface area contributed by atoms with Crippen LogP contribution in [0.3, 0.4) is 0 Å². The summed E-state index contributed by atoms with van der Waals surface area (Å²) in [6, 6.07) is 2.74. The molecule has 0 unspecified atom stereocenters. The Kier molecular flexibility index (Phi) is 7.06. The molecular weight excluding hydrogens is 516 g/mol. The average Bonchev–Trinajstić information content (AvgIpc) is 3.37. The monoisotopic (exact) mass is 540 g/mol. The van der Waals surface area contributed by atoms with Gasteiger partial charge in [-0.3, -0.25) is 9.59 Å². The SMILES string of the molecule is Cc1cc(-c2cc(C(F)(F)F)c3c(N)ncnn23)cc(C(=O)N[C@@H]2CN(C(=O)CC(C)C)C[C@@H]2F)c1Cl. The quantitative estimate of drug-likeness (QED) is 0.470. The first-order chi connectivity index (χ1) is 17.3. The number of carbonyl (C=O) groups is 2. The van der Waals surface area contributed by atoms with Crippen molar-refractivity contribution in [2.45, 2.75) is 45.6 Å². The predicted octanol–water partition coefficient (Wildman–Crippen LogP) is 4.28. The van der Waals surface area contributed by atoms with Gasteiger partial charge in [-0.2, -0.15) is 18.3 Å². The van der Waals surface area contributed by atoms with E-state index in [-0.39, 0.29) is 59.0 Å². The second-order valence-electron chi connectivity index (χ2n) is 9.49. The largest absolute Gasteiger partial charge is 0.418 e. The van der Waals surface area contributed by atoms with Gasteiger partial charge in [-0.05, 0) is 36.6 Å². The van der Waals surface area contributed by atoms with Crippen molar-refractivity contribution in [2.75, 3.05) is 18.8 Å². The molecule has 3 N–H and O–H groups in total. The van der Waals surface area contributed by atoms with Gasteiger partial charge in [-0.1, -0.05) is 25.4 Å². The summed E-state index contributed by atoms with van der Waals surface area (Å²) in [4.78, 5) is 30.5. The number of aryl methyl sites for hydroxylation is 1. The predicted molar refractivity (Wildman–Crippen MR) is 130 cm³/mol. The molecule has 8 nitrogen and oxygen atoms in total. The second-order valence-corrected chi connectivity index (χ2v) is 9.87. The molecule has 3 aromatic rings. The van der Waals surface area contributed by atoms with Crippen LogP contribution < -0.4 is 11.1 Å². The van der Waals surface area contributed by atoms with Crippen molar-refractivity contribution < 1.29 is 27.2 Å². The number of amides is 2. The third-order valence-electron chi connectivity index (χ3n) is 6.18. The molecule has 1 aliphatic rings. The van der Waals surface area contributed by atoms with Gasteiger partial charge in [0.15, 0.2) is 5.82 Å². The molecule has 3 heterocycles. The Morgan fingerprint density at radius 1 is 1.24 bits per heavy atom. The van der Waals surface area contributed by atoms with E-state index in [2.05, 4.69) is 15.4 Å². The van der Waals surface area contributed by atoms with Gasteiger partial charge in [-0.15, -0.1) is 0 Å². The number of hydrogen-bond donors (Lipinski definition) is 2. The van der Waals surface area contributed by atoms with Gasteiger partial charge in [-0.25, -0.2) is 13.9 Å². The van der Waals surface area contributed by atoms with Crippen LogP contribution in [-0.2, 0) is 11.0 Å². The molecule has 4 rings (SSSR count). The fourth-order valence-corrected chi connectivity index (χ4v) is 4.60. The molecule has 2 amide bonds.